The van der Waals surface area contributed by atoms with Gasteiger partial charge in [-0.15, -0.1) is 0 Å². The molecule has 1 atom stereocenters. The first-order chi connectivity index (χ1) is 13.5. The molecule has 2 aromatic rings. The van der Waals surface area contributed by atoms with Crippen molar-refractivity contribution >= 4 is 35.1 Å². The van der Waals surface area contributed by atoms with Gasteiger partial charge < -0.3 is 10.1 Å². The number of ketones is 1. The van der Waals surface area contributed by atoms with Gasteiger partial charge in [-0.25, -0.2) is 0 Å². The molecule has 0 saturated carbocycles. The maximum absolute atomic E-state index is 12.5. The summed E-state index contributed by atoms with van der Waals surface area (Å²) in [5, 5.41) is 13.4. The van der Waals surface area contributed by atoms with Crippen LogP contribution in [-0.4, -0.2) is 24.6 Å². The summed E-state index contributed by atoms with van der Waals surface area (Å²) in [5.41, 5.74) is 1.84. The lowest BCUT2D eigenvalue weighted by Crippen LogP contribution is -2.31. The highest BCUT2D eigenvalue weighted by atomic mass is 35.5. The van der Waals surface area contributed by atoms with E-state index in [1.54, 1.807) is 43.5 Å². The molecule has 5 nitrogen and oxygen atoms in total. The molecular weight excluding hydrogens is 396 g/mol. The zero-order valence-corrected chi connectivity index (χ0v) is 16.6. The number of nitrogens with one attached hydrogen (secondary N) is 1. The molecule has 0 spiro atoms. The number of hydrogen-bond acceptors (Lipinski definition) is 5. The quantitative estimate of drug-likeness (QED) is 0.715. The largest absolute Gasteiger partial charge is 0.497 e. The summed E-state index contributed by atoms with van der Waals surface area (Å²) in [6.45, 7) is 0. The zero-order chi connectivity index (χ0) is 20.1. The fourth-order valence-corrected chi connectivity index (χ4v) is 4.01. The molecule has 0 fully saturated rings. The normalized spacial score (nSPS) is 16.3. The minimum atomic E-state index is -0.352. The number of amides is 1. The van der Waals surface area contributed by atoms with E-state index in [9.17, 15) is 14.9 Å². The first-order valence-corrected chi connectivity index (χ1v) is 9.88. The van der Waals surface area contributed by atoms with Crippen molar-refractivity contribution < 1.29 is 14.3 Å². The van der Waals surface area contributed by atoms with Gasteiger partial charge in [0, 0.05) is 22.9 Å². The summed E-state index contributed by atoms with van der Waals surface area (Å²) >= 11 is 7.10. The second-order valence-electron chi connectivity index (χ2n) is 6.15. The first-order valence-electron chi connectivity index (χ1n) is 8.51. The van der Waals surface area contributed by atoms with Gasteiger partial charge in [0.1, 0.15) is 5.75 Å². The van der Waals surface area contributed by atoms with Crippen molar-refractivity contribution in [1.82, 2.24) is 5.32 Å². The van der Waals surface area contributed by atoms with Crippen LogP contribution in [0.2, 0.25) is 5.02 Å². The van der Waals surface area contributed by atoms with Crippen LogP contribution in [0, 0.1) is 11.3 Å². The third-order valence-electron chi connectivity index (χ3n) is 4.39. The average molecular weight is 413 g/mol. The first kappa shape index (κ1) is 20.0. The lowest BCUT2D eigenvalue weighted by Gasteiger charge is -2.25. The number of carbonyl (C=O) groups excluding carboxylic acids is 2. The number of ether oxygens (including phenoxy) is 1. The minimum absolute atomic E-state index is 0.0969. The number of methoxy groups -OCH3 is 1. The number of rotatable bonds is 6. The van der Waals surface area contributed by atoms with Crippen LogP contribution in [0.4, 0.5) is 0 Å². The van der Waals surface area contributed by atoms with Gasteiger partial charge in [-0.05, 0) is 42.0 Å². The minimum Gasteiger partial charge on any atom is -0.497 e. The molecule has 0 radical (unpaired) electrons. The van der Waals surface area contributed by atoms with Gasteiger partial charge in [0.05, 0.1) is 29.5 Å². The van der Waals surface area contributed by atoms with Crippen LogP contribution in [0.25, 0.3) is 0 Å². The van der Waals surface area contributed by atoms with Gasteiger partial charge in [-0.2, -0.15) is 5.26 Å². The second-order valence-corrected chi connectivity index (χ2v) is 7.57. The summed E-state index contributed by atoms with van der Waals surface area (Å²) < 4.78 is 5.09. The number of allylic oxidation sites excluding steroid dienone is 1. The monoisotopic (exact) mass is 412 g/mol. The van der Waals surface area contributed by atoms with Crippen molar-refractivity contribution in [2.75, 3.05) is 12.9 Å². The van der Waals surface area contributed by atoms with Crippen molar-refractivity contribution in [3.63, 3.8) is 0 Å². The second kappa shape index (κ2) is 8.96. The van der Waals surface area contributed by atoms with Crippen LogP contribution in [0.1, 0.15) is 28.3 Å². The van der Waals surface area contributed by atoms with E-state index < -0.39 is 0 Å². The van der Waals surface area contributed by atoms with Crippen molar-refractivity contribution in [3.05, 3.63) is 75.3 Å². The zero-order valence-electron chi connectivity index (χ0n) is 15.1. The van der Waals surface area contributed by atoms with Gasteiger partial charge in [0.2, 0.25) is 5.91 Å². The number of halogens is 1. The number of carbonyl (C=O) groups is 2. The van der Waals surface area contributed by atoms with Gasteiger partial charge >= 0.3 is 0 Å². The Labute approximate surface area is 172 Å². The number of benzene rings is 2. The molecule has 1 N–H and O–H groups in total. The molecule has 1 amide bonds. The average Bonchev–Trinajstić information content (AvgIpc) is 2.72. The Morgan fingerprint density at radius 2 is 1.93 bits per heavy atom. The summed E-state index contributed by atoms with van der Waals surface area (Å²) in [6.07, 6.45) is 0.182. The molecule has 1 aliphatic rings. The maximum Gasteiger partial charge on any atom is 0.225 e. The fraction of sp³-hybridized carbons (Fsp3) is 0.190. The Morgan fingerprint density at radius 3 is 2.54 bits per heavy atom. The number of thioether (sulfide) groups is 1. The molecule has 7 heteroatoms. The summed E-state index contributed by atoms with van der Waals surface area (Å²) in [6, 6.07) is 16.1. The molecular formula is C21H17ClN2O3S. The van der Waals surface area contributed by atoms with Gasteiger partial charge in [-0.3, -0.25) is 9.59 Å². The van der Waals surface area contributed by atoms with E-state index in [1.807, 2.05) is 12.1 Å². The summed E-state index contributed by atoms with van der Waals surface area (Å²) in [4.78, 5) is 24.6. The molecule has 2 aromatic carbocycles. The maximum atomic E-state index is 12.5. The van der Waals surface area contributed by atoms with Crippen LogP contribution in [0.3, 0.4) is 0 Å². The Balaban J connectivity index is 1.79. The van der Waals surface area contributed by atoms with Crippen LogP contribution >= 0.6 is 23.4 Å². The molecule has 0 aliphatic carbocycles. The summed E-state index contributed by atoms with van der Waals surface area (Å²) in [7, 11) is 1.56. The SMILES string of the molecule is COc1ccc(C(=O)CSC2=C(C#N)[C@H](c3ccc(Cl)cc3)CC(=O)N2)cc1. The fourth-order valence-electron chi connectivity index (χ4n) is 2.91. The molecule has 28 heavy (non-hydrogen) atoms. The van der Waals surface area contributed by atoms with E-state index in [2.05, 4.69) is 11.4 Å². The lowest BCUT2D eigenvalue weighted by molar-refractivity contribution is -0.120. The van der Waals surface area contributed by atoms with Crippen molar-refractivity contribution in [3.8, 4) is 11.8 Å². The van der Waals surface area contributed by atoms with Crippen LogP contribution < -0.4 is 10.1 Å². The van der Waals surface area contributed by atoms with E-state index in [0.717, 1.165) is 5.56 Å². The van der Waals surface area contributed by atoms with Gasteiger partial charge in [-0.1, -0.05) is 35.5 Å². The van der Waals surface area contributed by atoms with E-state index in [-0.39, 0.29) is 29.8 Å². The van der Waals surface area contributed by atoms with Gasteiger partial charge in [0.25, 0.3) is 0 Å². The van der Waals surface area contributed by atoms with Crippen molar-refractivity contribution in [2.45, 2.75) is 12.3 Å². The Morgan fingerprint density at radius 1 is 1.25 bits per heavy atom. The molecule has 0 bridgehead atoms. The molecule has 0 unspecified atom stereocenters. The van der Waals surface area contributed by atoms with Crippen molar-refractivity contribution in [2.24, 2.45) is 0 Å². The van der Waals surface area contributed by atoms with Crippen LogP contribution in [-0.2, 0) is 4.79 Å². The highest BCUT2D eigenvalue weighted by Crippen LogP contribution is 2.36. The predicted octanol–water partition coefficient (Wildman–Crippen LogP) is 4.30. The van der Waals surface area contributed by atoms with E-state index in [4.69, 9.17) is 16.3 Å². The molecule has 3 rings (SSSR count). The lowest BCUT2D eigenvalue weighted by atomic mass is 9.87. The smallest absolute Gasteiger partial charge is 0.225 e. The van der Waals surface area contributed by atoms with E-state index in [1.165, 1.54) is 11.8 Å². The van der Waals surface area contributed by atoms with Crippen molar-refractivity contribution in [1.29, 1.82) is 5.26 Å². The molecule has 0 saturated heterocycles. The number of nitrogens with zero attached hydrogens (tertiary/aromatic N) is 1. The predicted molar refractivity (Wildman–Crippen MR) is 109 cm³/mol. The topological polar surface area (TPSA) is 79.2 Å². The Kier molecular flexibility index (Phi) is 6.40. The third-order valence-corrected chi connectivity index (χ3v) is 5.66. The summed E-state index contributed by atoms with van der Waals surface area (Å²) in [5.74, 6) is 0.151. The van der Waals surface area contributed by atoms with E-state index in [0.29, 0.717) is 26.9 Å². The Bertz CT molecular complexity index is 963. The van der Waals surface area contributed by atoms with Gasteiger partial charge in [0.15, 0.2) is 5.78 Å². The molecule has 0 aromatic heterocycles. The van der Waals surface area contributed by atoms with E-state index >= 15 is 0 Å². The molecule has 1 aliphatic heterocycles. The number of nitriles is 1. The molecule has 1 heterocycles. The van der Waals surface area contributed by atoms with Crippen LogP contribution in [0.15, 0.2) is 59.1 Å². The standard InChI is InChI=1S/C21H17ClN2O3S/c1-27-16-8-4-14(5-9-16)19(25)12-28-21-18(11-23)17(10-20(26)24-21)13-2-6-15(22)7-3-13/h2-9,17H,10,12H2,1H3,(H,24,26)/t17-/m0/s1. The van der Waals surface area contributed by atoms with Crippen LogP contribution in [0.5, 0.6) is 5.75 Å². The highest BCUT2D eigenvalue weighted by molar-refractivity contribution is 8.03. The third kappa shape index (κ3) is 4.56. The number of Topliss-reactive ketones (excluding diaryl/α,β-unsaturated/α-hetero) is 1. The Hall–Kier alpha value is -2.75. The molecule has 142 valence electrons. The number of hydrogen-bond donors (Lipinski definition) is 1. The highest BCUT2D eigenvalue weighted by Gasteiger charge is 2.29.